The van der Waals surface area contributed by atoms with Gasteiger partial charge in [0.15, 0.2) is 6.10 Å². The lowest BCUT2D eigenvalue weighted by Crippen LogP contribution is -2.54. The molecule has 2 aliphatic rings. The maximum atomic E-state index is 13.2. The van der Waals surface area contributed by atoms with Crippen molar-refractivity contribution in [2.75, 3.05) is 37.7 Å². The number of amides is 2. The Balaban J connectivity index is 1.65. The van der Waals surface area contributed by atoms with Gasteiger partial charge in [-0.3, -0.25) is 9.59 Å². The van der Waals surface area contributed by atoms with Gasteiger partial charge in [-0.25, -0.2) is 0 Å². The van der Waals surface area contributed by atoms with Crippen molar-refractivity contribution in [3.63, 3.8) is 0 Å². The minimum absolute atomic E-state index is 0.107. The first-order chi connectivity index (χ1) is 13.5. The zero-order valence-corrected chi connectivity index (χ0v) is 16.4. The Bertz CT molecular complexity index is 895. The van der Waals surface area contributed by atoms with Crippen LogP contribution in [0.3, 0.4) is 0 Å². The van der Waals surface area contributed by atoms with E-state index >= 15 is 0 Å². The van der Waals surface area contributed by atoms with Gasteiger partial charge in [-0.05, 0) is 30.3 Å². The van der Waals surface area contributed by atoms with Crippen LogP contribution in [-0.4, -0.2) is 55.7 Å². The van der Waals surface area contributed by atoms with E-state index < -0.39 is 6.10 Å². The molecule has 6 nitrogen and oxygen atoms in total. The molecule has 1 atom stereocenters. The second-order valence-electron chi connectivity index (χ2n) is 6.59. The summed E-state index contributed by atoms with van der Waals surface area (Å²) in [4.78, 5) is 29.4. The zero-order valence-electron chi connectivity index (χ0n) is 14.9. The van der Waals surface area contributed by atoms with Gasteiger partial charge in [-0.2, -0.15) is 0 Å². The van der Waals surface area contributed by atoms with Gasteiger partial charge in [-0.15, -0.1) is 0 Å². The molecule has 0 saturated carbocycles. The van der Waals surface area contributed by atoms with Gasteiger partial charge in [0, 0.05) is 28.7 Å². The third-order valence-corrected chi connectivity index (χ3v) is 5.16. The number of fused-ring (bicyclic) bond motifs is 1. The highest BCUT2D eigenvalue weighted by Gasteiger charge is 2.36. The van der Waals surface area contributed by atoms with E-state index in [1.54, 1.807) is 46.2 Å². The molecule has 1 saturated heterocycles. The number of hydrogen-bond donors (Lipinski definition) is 0. The minimum atomic E-state index is -0.786. The minimum Gasteiger partial charge on any atom is -0.476 e. The summed E-state index contributed by atoms with van der Waals surface area (Å²) in [5.74, 6) is 0.0430. The van der Waals surface area contributed by atoms with E-state index in [0.717, 1.165) is 0 Å². The van der Waals surface area contributed by atoms with Gasteiger partial charge >= 0.3 is 0 Å². The number of nitrogens with zero attached hydrogens (tertiary/aromatic N) is 2. The molecule has 0 radical (unpaired) electrons. The number of rotatable bonds is 2. The lowest BCUT2D eigenvalue weighted by atomic mass is 10.1. The third kappa shape index (κ3) is 3.81. The van der Waals surface area contributed by atoms with E-state index in [1.165, 1.54) is 0 Å². The van der Waals surface area contributed by atoms with Gasteiger partial charge in [0.2, 0.25) is 0 Å². The van der Waals surface area contributed by atoms with Crippen molar-refractivity contribution in [1.29, 1.82) is 0 Å². The fourth-order valence-corrected chi connectivity index (χ4v) is 3.90. The second kappa shape index (κ2) is 7.99. The van der Waals surface area contributed by atoms with Crippen LogP contribution in [0.25, 0.3) is 0 Å². The van der Waals surface area contributed by atoms with Gasteiger partial charge in [0.25, 0.3) is 11.8 Å². The van der Waals surface area contributed by atoms with Gasteiger partial charge in [0.1, 0.15) is 5.75 Å². The normalized spacial score (nSPS) is 19.0. The lowest BCUT2D eigenvalue weighted by molar-refractivity contribution is -0.142. The summed E-state index contributed by atoms with van der Waals surface area (Å²) < 4.78 is 11.2. The van der Waals surface area contributed by atoms with Gasteiger partial charge in [0.05, 0.1) is 25.4 Å². The number of carbonyl (C=O) groups is 2. The maximum absolute atomic E-state index is 13.2. The number of halogens is 2. The molecular formula is C20H18Cl2N2O4. The molecule has 0 aromatic heterocycles. The number of morpholine rings is 1. The topological polar surface area (TPSA) is 59.1 Å². The van der Waals surface area contributed by atoms with Crippen LogP contribution in [0.4, 0.5) is 5.69 Å². The average molecular weight is 421 g/mol. The van der Waals surface area contributed by atoms with Crippen molar-refractivity contribution in [3.8, 4) is 5.75 Å². The van der Waals surface area contributed by atoms with Crippen LogP contribution < -0.4 is 9.64 Å². The molecule has 0 N–H and O–H groups in total. The van der Waals surface area contributed by atoms with E-state index in [1.807, 2.05) is 6.07 Å². The predicted molar refractivity (Wildman–Crippen MR) is 106 cm³/mol. The predicted octanol–water partition coefficient (Wildman–Crippen LogP) is 3.26. The van der Waals surface area contributed by atoms with Crippen molar-refractivity contribution in [1.82, 2.24) is 4.90 Å². The fourth-order valence-electron chi connectivity index (χ4n) is 3.38. The Labute approximate surface area is 172 Å². The van der Waals surface area contributed by atoms with Crippen molar-refractivity contribution in [2.45, 2.75) is 6.10 Å². The van der Waals surface area contributed by atoms with Crippen molar-refractivity contribution in [2.24, 2.45) is 0 Å². The van der Waals surface area contributed by atoms with Crippen LogP contribution in [0.2, 0.25) is 10.0 Å². The first kappa shape index (κ1) is 19.1. The summed E-state index contributed by atoms with van der Waals surface area (Å²) in [7, 11) is 0. The standard InChI is InChI=1S/C20H18Cl2N2O4/c21-14-9-13(10-15(22)11-14)19(25)24-12-18(20(26)23-5-7-27-8-6-23)28-17-4-2-1-3-16(17)24/h1-4,9-11,18H,5-8,12H2/t18-/m1/s1. The molecule has 146 valence electrons. The molecule has 8 heteroatoms. The molecule has 0 bridgehead atoms. The van der Waals surface area contributed by atoms with E-state index in [-0.39, 0.29) is 18.4 Å². The first-order valence-corrected chi connectivity index (χ1v) is 9.69. The van der Waals surface area contributed by atoms with E-state index in [0.29, 0.717) is 53.3 Å². The summed E-state index contributed by atoms with van der Waals surface area (Å²) in [5, 5.41) is 0.747. The molecule has 0 spiro atoms. The molecule has 2 aliphatic heterocycles. The summed E-state index contributed by atoms with van der Waals surface area (Å²) in [6, 6.07) is 11.8. The molecule has 2 amide bonds. The van der Waals surface area contributed by atoms with E-state index in [9.17, 15) is 9.59 Å². The fraction of sp³-hybridized carbons (Fsp3) is 0.300. The number of hydrogen-bond acceptors (Lipinski definition) is 4. The quantitative estimate of drug-likeness (QED) is 0.747. The van der Waals surface area contributed by atoms with Crippen molar-refractivity contribution >= 4 is 40.7 Å². The van der Waals surface area contributed by atoms with E-state index in [2.05, 4.69) is 0 Å². The highest BCUT2D eigenvalue weighted by molar-refractivity contribution is 6.35. The zero-order chi connectivity index (χ0) is 19.7. The third-order valence-electron chi connectivity index (χ3n) is 4.73. The molecule has 2 heterocycles. The van der Waals surface area contributed by atoms with E-state index in [4.69, 9.17) is 32.7 Å². The van der Waals surface area contributed by atoms with Crippen LogP contribution in [-0.2, 0) is 9.53 Å². The van der Waals surface area contributed by atoms with Crippen LogP contribution in [0.15, 0.2) is 42.5 Å². The Morgan fingerprint density at radius 2 is 1.68 bits per heavy atom. The lowest BCUT2D eigenvalue weighted by Gasteiger charge is -2.37. The molecule has 28 heavy (non-hydrogen) atoms. The first-order valence-electron chi connectivity index (χ1n) is 8.93. The molecule has 4 rings (SSSR count). The average Bonchev–Trinajstić information content (AvgIpc) is 2.71. The van der Waals surface area contributed by atoms with Gasteiger partial charge in [-0.1, -0.05) is 35.3 Å². The number of ether oxygens (including phenoxy) is 2. The highest BCUT2D eigenvalue weighted by atomic mass is 35.5. The Kier molecular flexibility index (Phi) is 5.44. The second-order valence-corrected chi connectivity index (χ2v) is 7.46. The van der Waals surface area contributed by atoms with Crippen LogP contribution >= 0.6 is 23.2 Å². The molecule has 2 aromatic rings. The highest BCUT2D eigenvalue weighted by Crippen LogP contribution is 2.35. The van der Waals surface area contributed by atoms with Crippen LogP contribution in [0, 0.1) is 0 Å². The smallest absolute Gasteiger partial charge is 0.265 e. The van der Waals surface area contributed by atoms with Crippen LogP contribution in [0.1, 0.15) is 10.4 Å². The Morgan fingerprint density at radius 1 is 1.00 bits per heavy atom. The summed E-state index contributed by atoms with van der Waals surface area (Å²) in [6.07, 6.45) is -0.786. The molecule has 0 unspecified atom stereocenters. The Morgan fingerprint density at radius 3 is 2.39 bits per heavy atom. The summed E-state index contributed by atoms with van der Waals surface area (Å²) in [6.45, 7) is 2.13. The SMILES string of the molecule is O=C([C@H]1CN(C(=O)c2cc(Cl)cc(Cl)c2)c2ccccc2O1)N1CCOCC1. The summed E-state index contributed by atoms with van der Waals surface area (Å²) in [5.41, 5.74) is 0.960. The summed E-state index contributed by atoms with van der Waals surface area (Å²) >= 11 is 12.1. The number of anilines is 1. The largest absolute Gasteiger partial charge is 0.476 e. The number of benzene rings is 2. The molecule has 2 aromatic carbocycles. The van der Waals surface area contributed by atoms with Crippen LogP contribution in [0.5, 0.6) is 5.75 Å². The number of carbonyl (C=O) groups excluding carboxylic acids is 2. The molecule has 0 aliphatic carbocycles. The molecule has 1 fully saturated rings. The molecular weight excluding hydrogens is 403 g/mol. The van der Waals surface area contributed by atoms with Crippen molar-refractivity contribution in [3.05, 3.63) is 58.1 Å². The Hall–Kier alpha value is -2.28. The van der Waals surface area contributed by atoms with Crippen molar-refractivity contribution < 1.29 is 19.1 Å². The maximum Gasteiger partial charge on any atom is 0.265 e. The number of para-hydroxylation sites is 2. The van der Waals surface area contributed by atoms with Gasteiger partial charge < -0.3 is 19.3 Å². The monoisotopic (exact) mass is 420 g/mol.